The second-order valence-electron chi connectivity index (χ2n) is 7.22. The zero-order valence-corrected chi connectivity index (χ0v) is 17.1. The summed E-state index contributed by atoms with van der Waals surface area (Å²) >= 11 is 0. The molecular formula is C21H21N7O3. The van der Waals surface area contributed by atoms with Gasteiger partial charge in [0.2, 0.25) is 5.88 Å². The number of hydrogen-bond acceptors (Lipinski definition) is 8. The van der Waals surface area contributed by atoms with E-state index < -0.39 is 0 Å². The molecule has 1 N–H and O–H groups in total. The van der Waals surface area contributed by atoms with Gasteiger partial charge in [-0.2, -0.15) is 4.98 Å². The molecule has 2 aliphatic rings. The van der Waals surface area contributed by atoms with E-state index in [4.69, 9.17) is 14.5 Å². The molecule has 1 fully saturated rings. The van der Waals surface area contributed by atoms with Gasteiger partial charge >= 0.3 is 12.0 Å². The van der Waals surface area contributed by atoms with Gasteiger partial charge in [-0.25, -0.2) is 19.7 Å². The molecule has 1 atom stereocenters. The Bertz CT molecular complexity index is 1130. The molecule has 0 radical (unpaired) electrons. The first kappa shape index (κ1) is 19.0. The fourth-order valence-corrected chi connectivity index (χ4v) is 4.01. The summed E-state index contributed by atoms with van der Waals surface area (Å²) in [5.74, 6) is 1.44. The Hall–Kier alpha value is -3.95. The van der Waals surface area contributed by atoms with Crippen LogP contribution in [0.5, 0.6) is 11.9 Å². The van der Waals surface area contributed by atoms with Crippen LogP contribution in [0.3, 0.4) is 0 Å². The number of fused-ring (bicyclic) bond motifs is 4. The number of anilines is 3. The van der Waals surface area contributed by atoms with Crippen molar-refractivity contribution >= 4 is 23.4 Å². The number of hydrogen-bond donors (Lipinski definition) is 1. The molecule has 0 unspecified atom stereocenters. The Kier molecular flexibility index (Phi) is 4.73. The number of methoxy groups -OCH3 is 2. The topological polar surface area (TPSA) is 106 Å². The molecular weight excluding hydrogens is 398 g/mol. The van der Waals surface area contributed by atoms with Crippen LogP contribution in [-0.4, -0.2) is 59.3 Å². The maximum absolute atomic E-state index is 13.2. The van der Waals surface area contributed by atoms with Crippen molar-refractivity contribution in [3.05, 3.63) is 42.7 Å². The van der Waals surface area contributed by atoms with E-state index in [0.29, 0.717) is 28.8 Å². The monoisotopic (exact) mass is 419 g/mol. The van der Waals surface area contributed by atoms with Gasteiger partial charge in [0.05, 0.1) is 37.2 Å². The van der Waals surface area contributed by atoms with Crippen LogP contribution in [0, 0.1) is 0 Å². The Labute approximate surface area is 178 Å². The van der Waals surface area contributed by atoms with E-state index in [1.54, 1.807) is 29.4 Å². The van der Waals surface area contributed by atoms with E-state index in [2.05, 4.69) is 25.2 Å². The molecule has 5 rings (SSSR count). The molecule has 3 aromatic rings. The molecule has 2 aliphatic heterocycles. The van der Waals surface area contributed by atoms with E-state index in [-0.39, 0.29) is 18.1 Å². The smallest absolute Gasteiger partial charge is 0.329 e. The molecule has 3 aromatic heterocycles. The van der Waals surface area contributed by atoms with E-state index in [1.807, 2.05) is 18.2 Å². The molecule has 0 spiro atoms. The van der Waals surface area contributed by atoms with Crippen LogP contribution < -0.4 is 24.6 Å². The molecule has 10 heteroatoms. The van der Waals surface area contributed by atoms with Gasteiger partial charge in [0.25, 0.3) is 0 Å². The van der Waals surface area contributed by atoms with Crippen LogP contribution in [0.25, 0.3) is 11.3 Å². The van der Waals surface area contributed by atoms with Gasteiger partial charge in [0.1, 0.15) is 5.82 Å². The van der Waals surface area contributed by atoms with E-state index in [0.717, 1.165) is 25.2 Å². The largest absolute Gasteiger partial charge is 0.480 e. The minimum absolute atomic E-state index is 0.0352. The SMILES string of the molecule is COc1ncc(-c2ccc3c(n2)N(C(=O)Nc2ccccn2)[C@H]2CCN3C2)c(OC)n1. The van der Waals surface area contributed by atoms with Gasteiger partial charge in [0, 0.05) is 25.5 Å². The summed E-state index contributed by atoms with van der Waals surface area (Å²) in [5.41, 5.74) is 2.14. The standard InChI is InChI=1S/C21H21N7O3/c1-30-19-14(11-23-20(26-19)31-2)15-6-7-16-18(24-15)28(13-8-10-27(16)12-13)21(29)25-17-5-3-4-9-22-17/h3-7,9,11,13H,8,10,12H2,1-2H3,(H,22,25,29)/t13-/m0/s1. The maximum Gasteiger partial charge on any atom is 0.329 e. The lowest BCUT2D eigenvalue weighted by Crippen LogP contribution is -2.48. The van der Waals surface area contributed by atoms with Crippen molar-refractivity contribution in [3.63, 3.8) is 0 Å². The van der Waals surface area contributed by atoms with Gasteiger partial charge in [-0.15, -0.1) is 0 Å². The van der Waals surface area contributed by atoms with Crippen LogP contribution in [0.2, 0.25) is 0 Å². The number of carbonyl (C=O) groups excluding carboxylic acids is 1. The highest BCUT2D eigenvalue weighted by Gasteiger charge is 2.40. The van der Waals surface area contributed by atoms with E-state index in [1.165, 1.54) is 14.2 Å². The zero-order chi connectivity index (χ0) is 21.4. The van der Waals surface area contributed by atoms with Crippen molar-refractivity contribution in [3.8, 4) is 23.1 Å². The highest BCUT2D eigenvalue weighted by atomic mass is 16.5. The van der Waals surface area contributed by atoms with Gasteiger partial charge in [-0.05, 0) is 30.7 Å². The quantitative estimate of drug-likeness (QED) is 0.688. The predicted molar refractivity (Wildman–Crippen MR) is 115 cm³/mol. The van der Waals surface area contributed by atoms with Crippen LogP contribution in [0.4, 0.5) is 22.1 Å². The summed E-state index contributed by atoms with van der Waals surface area (Å²) in [6.07, 6.45) is 4.12. The van der Waals surface area contributed by atoms with Crippen molar-refractivity contribution in [1.29, 1.82) is 0 Å². The highest BCUT2D eigenvalue weighted by molar-refractivity contribution is 6.04. The Morgan fingerprint density at radius 3 is 2.81 bits per heavy atom. The molecule has 158 valence electrons. The number of nitrogens with one attached hydrogen (secondary N) is 1. The Morgan fingerprint density at radius 2 is 2.03 bits per heavy atom. The fourth-order valence-electron chi connectivity index (χ4n) is 4.01. The molecule has 31 heavy (non-hydrogen) atoms. The van der Waals surface area contributed by atoms with Crippen molar-refractivity contribution in [2.24, 2.45) is 0 Å². The fraction of sp³-hybridized carbons (Fsp3) is 0.286. The minimum Gasteiger partial charge on any atom is -0.480 e. The summed E-state index contributed by atoms with van der Waals surface area (Å²) in [5, 5.41) is 2.88. The van der Waals surface area contributed by atoms with Crippen molar-refractivity contribution in [2.75, 3.05) is 42.4 Å². The van der Waals surface area contributed by atoms with Crippen molar-refractivity contribution < 1.29 is 14.3 Å². The lowest BCUT2D eigenvalue weighted by Gasteiger charge is -2.35. The van der Waals surface area contributed by atoms with Crippen molar-refractivity contribution in [1.82, 2.24) is 19.9 Å². The van der Waals surface area contributed by atoms with Gasteiger partial charge in [-0.3, -0.25) is 10.2 Å². The number of amides is 2. The summed E-state index contributed by atoms with van der Waals surface area (Å²) in [6.45, 7) is 1.65. The third-order valence-corrected chi connectivity index (χ3v) is 5.45. The molecule has 0 saturated carbocycles. The summed E-state index contributed by atoms with van der Waals surface area (Å²) < 4.78 is 10.5. The second kappa shape index (κ2) is 7.71. The molecule has 0 aliphatic carbocycles. The van der Waals surface area contributed by atoms with Crippen LogP contribution in [0.15, 0.2) is 42.7 Å². The third kappa shape index (κ3) is 3.35. The van der Waals surface area contributed by atoms with Gasteiger partial charge in [-0.1, -0.05) is 6.07 Å². The number of rotatable bonds is 4. The first-order valence-corrected chi connectivity index (χ1v) is 9.90. The molecule has 2 amide bonds. The number of carbonyl (C=O) groups is 1. The van der Waals surface area contributed by atoms with E-state index >= 15 is 0 Å². The molecule has 1 saturated heterocycles. The first-order valence-electron chi connectivity index (χ1n) is 9.90. The number of urea groups is 1. The number of ether oxygens (including phenoxy) is 2. The highest BCUT2D eigenvalue weighted by Crippen LogP contribution is 2.41. The Morgan fingerprint density at radius 1 is 1.13 bits per heavy atom. The van der Waals surface area contributed by atoms with Crippen LogP contribution in [-0.2, 0) is 0 Å². The lowest BCUT2D eigenvalue weighted by molar-refractivity contribution is 0.254. The third-order valence-electron chi connectivity index (χ3n) is 5.45. The lowest BCUT2D eigenvalue weighted by atomic mass is 10.1. The molecule has 5 heterocycles. The second-order valence-corrected chi connectivity index (χ2v) is 7.22. The summed E-state index contributed by atoms with van der Waals surface area (Å²) in [6, 6.07) is 9.24. The van der Waals surface area contributed by atoms with Crippen LogP contribution >= 0.6 is 0 Å². The Balaban J connectivity index is 1.55. The normalized spacial score (nSPS) is 16.6. The van der Waals surface area contributed by atoms with Crippen LogP contribution in [0.1, 0.15) is 6.42 Å². The predicted octanol–water partition coefficient (Wildman–Crippen LogP) is 2.58. The van der Waals surface area contributed by atoms with Crippen molar-refractivity contribution in [2.45, 2.75) is 12.5 Å². The molecule has 0 aromatic carbocycles. The number of nitrogens with zero attached hydrogens (tertiary/aromatic N) is 6. The zero-order valence-electron chi connectivity index (χ0n) is 17.1. The number of pyridine rings is 2. The minimum atomic E-state index is -0.255. The summed E-state index contributed by atoms with van der Waals surface area (Å²) in [4.78, 5) is 34.7. The average Bonchev–Trinajstić information content (AvgIpc) is 3.23. The summed E-state index contributed by atoms with van der Waals surface area (Å²) in [7, 11) is 3.02. The van der Waals surface area contributed by atoms with E-state index in [9.17, 15) is 4.79 Å². The first-order chi connectivity index (χ1) is 15.2. The average molecular weight is 419 g/mol. The number of aromatic nitrogens is 4. The van der Waals surface area contributed by atoms with Gasteiger partial charge in [0.15, 0.2) is 5.82 Å². The molecule has 2 bridgehead atoms. The maximum atomic E-state index is 13.2. The van der Waals surface area contributed by atoms with Gasteiger partial charge < -0.3 is 14.4 Å². The molecule has 10 nitrogen and oxygen atoms in total.